The van der Waals surface area contributed by atoms with Crippen LogP contribution < -0.4 is 5.32 Å². The lowest BCUT2D eigenvalue weighted by Crippen LogP contribution is -2.29. The summed E-state index contributed by atoms with van der Waals surface area (Å²) < 4.78 is 0. The third-order valence-electron chi connectivity index (χ3n) is 4.05. The molecule has 0 aliphatic heterocycles. The molecular weight excluding hydrogens is 308 g/mol. The fourth-order valence-corrected chi connectivity index (χ4v) is 2.72. The van der Waals surface area contributed by atoms with Crippen molar-refractivity contribution in [3.05, 3.63) is 71.8 Å². The van der Waals surface area contributed by atoms with Crippen molar-refractivity contribution < 1.29 is 4.79 Å². The van der Waals surface area contributed by atoms with Gasteiger partial charge < -0.3 is 5.32 Å². The van der Waals surface area contributed by atoms with Gasteiger partial charge in [-0.25, -0.2) is 0 Å². The summed E-state index contributed by atoms with van der Waals surface area (Å²) in [5.74, 6) is 6.09. The fourth-order valence-electron chi connectivity index (χ4n) is 2.72. The Kier molecular flexibility index (Phi) is 7.75. The SMILES string of the molecule is CC[C@@H](C(=O)NCC#CCN(C)Cc1ccccc1)c1ccccc1. The Morgan fingerprint density at radius 2 is 1.68 bits per heavy atom. The van der Waals surface area contributed by atoms with Crippen LogP contribution in [-0.4, -0.2) is 30.9 Å². The number of rotatable bonds is 7. The maximum Gasteiger partial charge on any atom is 0.228 e. The quantitative estimate of drug-likeness (QED) is 0.787. The molecule has 0 heterocycles. The number of amides is 1. The second kappa shape index (κ2) is 10.3. The van der Waals surface area contributed by atoms with Gasteiger partial charge in [-0.1, -0.05) is 79.4 Å². The minimum absolute atomic E-state index is 0.0423. The first-order chi connectivity index (χ1) is 12.2. The second-order valence-electron chi connectivity index (χ2n) is 6.10. The number of benzene rings is 2. The van der Waals surface area contributed by atoms with Crippen molar-refractivity contribution in [2.75, 3.05) is 20.1 Å². The first-order valence-corrected chi connectivity index (χ1v) is 8.71. The highest BCUT2D eigenvalue weighted by Gasteiger charge is 2.17. The lowest BCUT2D eigenvalue weighted by atomic mass is 9.96. The molecule has 3 heteroatoms. The molecule has 1 amide bonds. The van der Waals surface area contributed by atoms with Crippen LogP contribution >= 0.6 is 0 Å². The van der Waals surface area contributed by atoms with E-state index in [9.17, 15) is 4.79 Å². The van der Waals surface area contributed by atoms with Crippen LogP contribution in [0, 0.1) is 11.8 Å². The number of nitrogens with zero attached hydrogens (tertiary/aromatic N) is 1. The molecule has 2 rings (SSSR count). The van der Waals surface area contributed by atoms with E-state index in [1.807, 2.05) is 62.5 Å². The molecule has 3 nitrogen and oxygen atoms in total. The molecule has 0 spiro atoms. The lowest BCUT2D eigenvalue weighted by molar-refractivity contribution is -0.122. The van der Waals surface area contributed by atoms with Gasteiger partial charge in [0.05, 0.1) is 19.0 Å². The normalized spacial score (nSPS) is 11.5. The number of nitrogens with one attached hydrogen (secondary N) is 1. The van der Waals surface area contributed by atoms with Crippen molar-refractivity contribution in [1.82, 2.24) is 10.2 Å². The fraction of sp³-hybridized carbons (Fsp3) is 0.318. The van der Waals surface area contributed by atoms with Crippen LogP contribution in [-0.2, 0) is 11.3 Å². The zero-order chi connectivity index (χ0) is 17.9. The number of hydrogen-bond acceptors (Lipinski definition) is 2. The van der Waals surface area contributed by atoms with Gasteiger partial charge in [0.2, 0.25) is 5.91 Å². The molecule has 25 heavy (non-hydrogen) atoms. The third kappa shape index (κ3) is 6.45. The van der Waals surface area contributed by atoms with Gasteiger partial charge in [0, 0.05) is 6.54 Å². The van der Waals surface area contributed by atoms with Gasteiger partial charge in [0.25, 0.3) is 0 Å². The van der Waals surface area contributed by atoms with Gasteiger partial charge >= 0.3 is 0 Å². The molecule has 1 atom stereocenters. The third-order valence-corrected chi connectivity index (χ3v) is 4.05. The van der Waals surface area contributed by atoms with E-state index in [4.69, 9.17) is 0 Å². The van der Waals surface area contributed by atoms with E-state index in [2.05, 4.69) is 34.2 Å². The van der Waals surface area contributed by atoms with Crippen molar-refractivity contribution in [1.29, 1.82) is 0 Å². The average molecular weight is 334 g/mol. The molecule has 0 saturated carbocycles. The molecule has 130 valence electrons. The molecule has 2 aromatic carbocycles. The van der Waals surface area contributed by atoms with Gasteiger partial charge in [-0.05, 0) is 24.6 Å². The van der Waals surface area contributed by atoms with Crippen LogP contribution in [0.5, 0.6) is 0 Å². The molecule has 0 aromatic heterocycles. The summed E-state index contributed by atoms with van der Waals surface area (Å²) in [5.41, 5.74) is 2.33. The monoisotopic (exact) mass is 334 g/mol. The van der Waals surface area contributed by atoms with Crippen molar-refractivity contribution >= 4 is 5.91 Å². The predicted octanol–water partition coefficient (Wildman–Crippen LogP) is 3.43. The zero-order valence-corrected chi connectivity index (χ0v) is 15.0. The van der Waals surface area contributed by atoms with E-state index in [-0.39, 0.29) is 11.8 Å². The highest BCUT2D eigenvalue weighted by Crippen LogP contribution is 2.18. The lowest BCUT2D eigenvalue weighted by Gasteiger charge is -2.14. The summed E-state index contributed by atoms with van der Waals surface area (Å²) in [6.07, 6.45) is 0.781. The van der Waals surface area contributed by atoms with E-state index in [0.29, 0.717) is 13.1 Å². The van der Waals surface area contributed by atoms with E-state index in [1.54, 1.807) is 0 Å². The molecule has 0 bridgehead atoms. The van der Waals surface area contributed by atoms with Gasteiger partial charge in [-0.15, -0.1) is 0 Å². The standard InChI is InChI=1S/C22H26N2O/c1-3-21(20-14-8-5-9-15-20)22(25)23-16-10-11-17-24(2)18-19-12-6-4-7-13-19/h4-9,12-15,21H,3,16-18H2,1-2H3,(H,23,25)/t21-/m1/s1. The minimum atomic E-state index is -0.108. The maximum absolute atomic E-state index is 12.3. The van der Waals surface area contributed by atoms with Crippen LogP contribution in [0.4, 0.5) is 0 Å². The Labute approximate surface area is 151 Å². The molecular formula is C22H26N2O. The first-order valence-electron chi connectivity index (χ1n) is 8.71. The number of hydrogen-bond donors (Lipinski definition) is 1. The van der Waals surface area contributed by atoms with Crippen LogP contribution in [0.15, 0.2) is 60.7 Å². The van der Waals surface area contributed by atoms with Crippen LogP contribution in [0.1, 0.15) is 30.4 Å². The molecule has 0 saturated heterocycles. The Balaban J connectivity index is 1.75. The molecule has 0 aliphatic carbocycles. The smallest absolute Gasteiger partial charge is 0.228 e. The summed E-state index contributed by atoms with van der Waals surface area (Å²) in [7, 11) is 2.04. The Bertz CT molecular complexity index is 701. The van der Waals surface area contributed by atoms with E-state index >= 15 is 0 Å². The second-order valence-corrected chi connectivity index (χ2v) is 6.10. The Morgan fingerprint density at radius 1 is 1.04 bits per heavy atom. The number of carbonyl (C=O) groups excluding carboxylic acids is 1. The van der Waals surface area contributed by atoms with E-state index in [1.165, 1.54) is 5.56 Å². The van der Waals surface area contributed by atoms with Crippen LogP contribution in [0.3, 0.4) is 0 Å². The van der Waals surface area contributed by atoms with Gasteiger partial charge in [-0.2, -0.15) is 0 Å². The van der Waals surface area contributed by atoms with Gasteiger partial charge in [0.15, 0.2) is 0 Å². The first kappa shape index (κ1) is 18.8. The summed E-state index contributed by atoms with van der Waals surface area (Å²) in [6.45, 7) is 3.97. The molecule has 1 N–H and O–H groups in total. The highest BCUT2D eigenvalue weighted by atomic mass is 16.1. The van der Waals surface area contributed by atoms with Gasteiger partial charge in [-0.3, -0.25) is 9.69 Å². The summed E-state index contributed by atoms with van der Waals surface area (Å²) in [4.78, 5) is 14.5. The molecule has 0 fully saturated rings. The predicted molar refractivity (Wildman–Crippen MR) is 103 cm³/mol. The minimum Gasteiger partial charge on any atom is -0.345 e. The van der Waals surface area contributed by atoms with Crippen molar-refractivity contribution in [3.8, 4) is 11.8 Å². The summed E-state index contributed by atoms with van der Waals surface area (Å²) in [6, 6.07) is 20.2. The maximum atomic E-state index is 12.3. The Morgan fingerprint density at radius 3 is 2.32 bits per heavy atom. The highest BCUT2D eigenvalue weighted by molar-refractivity contribution is 5.83. The average Bonchev–Trinajstić information content (AvgIpc) is 2.64. The topological polar surface area (TPSA) is 32.3 Å². The van der Waals surface area contributed by atoms with Gasteiger partial charge in [0.1, 0.15) is 0 Å². The van der Waals surface area contributed by atoms with Crippen molar-refractivity contribution in [2.45, 2.75) is 25.8 Å². The molecule has 0 radical (unpaired) electrons. The number of carbonyl (C=O) groups is 1. The molecule has 2 aromatic rings. The van der Waals surface area contributed by atoms with Crippen molar-refractivity contribution in [3.63, 3.8) is 0 Å². The van der Waals surface area contributed by atoms with Crippen molar-refractivity contribution in [2.24, 2.45) is 0 Å². The molecule has 0 unspecified atom stereocenters. The zero-order valence-electron chi connectivity index (χ0n) is 15.0. The van der Waals surface area contributed by atoms with E-state index in [0.717, 1.165) is 18.5 Å². The van der Waals surface area contributed by atoms with E-state index < -0.39 is 0 Å². The van der Waals surface area contributed by atoms with Crippen LogP contribution in [0.2, 0.25) is 0 Å². The molecule has 0 aliphatic rings. The largest absolute Gasteiger partial charge is 0.345 e. The Hall–Kier alpha value is -2.57. The van der Waals surface area contributed by atoms with Crippen LogP contribution in [0.25, 0.3) is 0 Å². The summed E-state index contributed by atoms with van der Waals surface area (Å²) >= 11 is 0. The summed E-state index contributed by atoms with van der Waals surface area (Å²) in [5, 5.41) is 2.92.